The molecule has 0 bridgehead atoms. The average molecular weight is 209 g/mol. The summed E-state index contributed by atoms with van der Waals surface area (Å²) in [6.45, 7) is 0. The van der Waals surface area contributed by atoms with Crippen molar-refractivity contribution in [2.75, 3.05) is 5.01 Å². The Bertz CT molecular complexity index is 459. The van der Waals surface area contributed by atoms with Gasteiger partial charge in [-0.1, -0.05) is 10.2 Å². The first kappa shape index (κ1) is 7.74. The van der Waals surface area contributed by atoms with Crippen molar-refractivity contribution in [3.05, 3.63) is 5.89 Å². The third-order valence-corrected chi connectivity index (χ3v) is 1.47. The van der Waals surface area contributed by atoms with Crippen molar-refractivity contribution in [2.24, 2.45) is 5.10 Å². The van der Waals surface area contributed by atoms with E-state index in [9.17, 15) is 0 Å². The number of amidine groups is 1. The third kappa shape index (κ3) is 1.16. The fourth-order valence-corrected chi connectivity index (χ4v) is 0.915. The van der Waals surface area contributed by atoms with E-state index in [1.807, 2.05) is 0 Å². The molecule has 1 N–H and O–H groups in total. The predicted octanol–water partition coefficient (Wildman–Crippen LogP) is -2.55. The lowest BCUT2D eigenvalue weighted by Gasteiger charge is -2.06. The number of hydrazone groups is 1. The lowest BCUT2D eigenvalue weighted by molar-refractivity contribution is 0.292. The number of aromatic nitrogens is 6. The first-order chi connectivity index (χ1) is 7.45. The van der Waals surface area contributed by atoms with Gasteiger partial charge >= 0.3 is 11.8 Å². The van der Waals surface area contributed by atoms with Crippen molar-refractivity contribution in [3.8, 4) is 0 Å². The molecule has 2 aromatic heterocycles. The minimum atomic E-state index is 0.0635. The largest absolute Gasteiger partial charge is 0.317 e. The highest BCUT2D eigenvalue weighted by Gasteiger charge is 2.30. The van der Waals surface area contributed by atoms with Gasteiger partial charge < -0.3 is 4.52 Å². The standard InChI is InChI=1S/C3HN10O2/c4-1(2-5-9-12-14-2)13(10-8-4)3-6-11-15-7-3/h8H. The van der Waals surface area contributed by atoms with Gasteiger partial charge in [0.15, 0.2) is 0 Å². The molecular weight excluding hydrogens is 208 g/mol. The van der Waals surface area contributed by atoms with Crippen molar-refractivity contribution in [3.63, 3.8) is 0 Å². The zero-order chi connectivity index (χ0) is 10.1. The molecule has 3 heterocycles. The van der Waals surface area contributed by atoms with Gasteiger partial charge in [0.1, 0.15) is 0 Å². The fourth-order valence-electron chi connectivity index (χ4n) is 0.915. The van der Waals surface area contributed by atoms with Crippen LogP contribution in [0.25, 0.3) is 0 Å². The van der Waals surface area contributed by atoms with E-state index < -0.39 is 0 Å². The Morgan fingerprint density at radius 1 is 1.20 bits per heavy atom. The molecule has 0 atom stereocenters. The number of nitrogens with one attached hydrogen (secondary N) is 1. The second kappa shape index (κ2) is 2.95. The minimum Gasteiger partial charge on any atom is -0.311 e. The average Bonchev–Trinajstić information content (AvgIpc) is 3.01. The molecule has 0 aliphatic carbocycles. The Balaban J connectivity index is 1.96. The summed E-state index contributed by atoms with van der Waals surface area (Å²) in [5, 5.41) is 25.1. The molecule has 0 spiro atoms. The maximum absolute atomic E-state index is 4.69. The van der Waals surface area contributed by atoms with Gasteiger partial charge in [0.05, 0.1) is 10.5 Å². The van der Waals surface area contributed by atoms with Gasteiger partial charge in [0.25, 0.3) is 0 Å². The predicted molar refractivity (Wildman–Crippen MR) is 38.5 cm³/mol. The van der Waals surface area contributed by atoms with E-state index >= 15 is 0 Å². The lowest BCUT2D eigenvalue weighted by atomic mass is 10.5. The third-order valence-electron chi connectivity index (χ3n) is 1.47. The molecule has 2 aromatic rings. The van der Waals surface area contributed by atoms with Crippen LogP contribution in [-0.4, -0.2) is 36.9 Å². The number of nitrogens with zero attached hydrogens (tertiary/aromatic N) is 9. The van der Waals surface area contributed by atoms with Gasteiger partial charge in [0.2, 0.25) is 5.84 Å². The van der Waals surface area contributed by atoms with E-state index in [1.54, 1.807) is 0 Å². The Morgan fingerprint density at radius 2 is 2.20 bits per heavy atom. The van der Waals surface area contributed by atoms with E-state index in [4.69, 9.17) is 4.52 Å². The van der Waals surface area contributed by atoms with Crippen LogP contribution < -0.4 is 16.1 Å². The minimum absolute atomic E-state index is 0.0635. The summed E-state index contributed by atoms with van der Waals surface area (Å²) in [4.78, 5) is 0. The van der Waals surface area contributed by atoms with Gasteiger partial charge in [-0.3, -0.25) is 0 Å². The SMILES string of the molecule is [N]1NN=C(c2nnno2)N1c1nnon1. The molecule has 0 saturated heterocycles. The van der Waals surface area contributed by atoms with Crippen molar-refractivity contribution in [1.82, 2.24) is 42.2 Å². The van der Waals surface area contributed by atoms with Crippen LogP contribution in [0, 0.1) is 0 Å². The molecule has 75 valence electrons. The topological polar surface area (TPSA) is 145 Å². The Labute approximate surface area is 80.2 Å². The van der Waals surface area contributed by atoms with E-state index in [0.717, 1.165) is 0 Å². The van der Waals surface area contributed by atoms with E-state index in [1.165, 1.54) is 5.01 Å². The molecule has 0 fully saturated rings. The van der Waals surface area contributed by atoms with Gasteiger partial charge in [-0.25, -0.2) is 10.2 Å². The molecule has 0 saturated carbocycles. The second-order valence-electron chi connectivity index (χ2n) is 2.27. The Hall–Kier alpha value is -2.63. The van der Waals surface area contributed by atoms with Crippen LogP contribution in [0.4, 0.5) is 5.95 Å². The maximum Gasteiger partial charge on any atom is 0.317 e. The first-order valence-corrected chi connectivity index (χ1v) is 3.59. The van der Waals surface area contributed by atoms with Crippen LogP contribution in [0.2, 0.25) is 0 Å². The molecule has 0 unspecified atom stereocenters. The van der Waals surface area contributed by atoms with Crippen molar-refractivity contribution >= 4 is 11.8 Å². The summed E-state index contributed by atoms with van der Waals surface area (Å²) in [5.41, 5.74) is 6.05. The molecule has 15 heavy (non-hydrogen) atoms. The highest BCUT2D eigenvalue weighted by molar-refractivity contribution is 6.05. The van der Waals surface area contributed by atoms with Crippen LogP contribution in [0.3, 0.4) is 0 Å². The Morgan fingerprint density at radius 3 is 2.93 bits per heavy atom. The summed E-state index contributed by atoms with van der Waals surface area (Å²) >= 11 is 0. The molecule has 0 aromatic carbocycles. The van der Waals surface area contributed by atoms with Crippen LogP contribution in [0.1, 0.15) is 5.89 Å². The molecule has 0 amide bonds. The normalized spacial score (nSPS) is 15.2. The molecule has 3 rings (SSSR count). The number of anilines is 1. The van der Waals surface area contributed by atoms with Crippen molar-refractivity contribution in [1.29, 1.82) is 0 Å². The number of hydrogen-bond donors (Lipinski definition) is 1. The molecule has 1 aliphatic heterocycles. The molecule has 1 radical (unpaired) electrons. The lowest BCUT2D eigenvalue weighted by Crippen LogP contribution is -2.36. The Kier molecular flexibility index (Phi) is 1.52. The highest BCUT2D eigenvalue weighted by atomic mass is 16.6. The smallest absolute Gasteiger partial charge is 0.311 e. The second-order valence-corrected chi connectivity index (χ2v) is 2.27. The first-order valence-electron chi connectivity index (χ1n) is 3.59. The summed E-state index contributed by atoms with van der Waals surface area (Å²) in [5.74, 6) is 0.341. The van der Waals surface area contributed by atoms with E-state index in [2.05, 4.69) is 51.9 Å². The van der Waals surface area contributed by atoms with Gasteiger partial charge in [0, 0.05) is 5.53 Å². The zero-order valence-corrected chi connectivity index (χ0v) is 6.84. The van der Waals surface area contributed by atoms with E-state index in [0.29, 0.717) is 0 Å². The summed E-state index contributed by atoms with van der Waals surface area (Å²) in [6.07, 6.45) is 0. The van der Waals surface area contributed by atoms with Crippen molar-refractivity contribution in [2.45, 2.75) is 0 Å². The number of rotatable bonds is 2. The molecular formula is C3HN10O2. The maximum atomic E-state index is 4.69. The van der Waals surface area contributed by atoms with Gasteiger partial charge in [-0.2, -0.15) is 5.01 Å². The number of hydrogen-bond acceptors (Lipinski definition) is 11. The quantitative estimate of drug-likeness (QED) is 0.560. The zero-order valence-electron chi connectivity index (χ0n) is 6.84. The molecule has 1 aliphatic rings. The van der Waals surface area contributed by atoms with E-state index in [-0.39, 0.29) is 17.7 Å². The van der Waals surface area contributed by atoms with Crippen LogP contribution >= 0.6 is 0 Å². The fraction of sp³-hybridized carbons (Fsp3) is 0. The van der Waals surface area contributed by atoms with Gasteiger partial charge in [-0.05, 0) is 10.4 Å². The van der Waals surface area contributed by atoms with Gasteiger partial charge in [-0.15, -0.1) is 5.10 Å². The van der Waals surface area contributed by atoms with Crippen LogP contribution in [-0.2, 0) is 0 Å². The molecule has 12 nitrogen and oxygen atoms in total. The molecule has 12 heteroatoms. The monoisotopic (exact) mass is 209 g/mol. The summed E-state index contributed by atoms with van der Waals surface area (Å²) in [7, 11) is 0. The summed E-state index contributed by atoms with van der Waals surface area (Å²) < 4.78 is 9.01. The highest BCUT2D eigenvalue weighted by Crippen LogP contribution is 2.09. The van der Waals surface area contributed by atoms with Crippen LogP contribution in [0.5, 0.6) is 0 Å². The van der Waals surface area contributed by atoms with Crippen LogP contribution in [0.15, 0.2) is 14.3 Å². The summed E-state index contributed by atoms with van der Waals surface area (Å²) in [6, 6.07) is 0. The van der Waals surface area contributed by atoms with Crippen molar-refractivity contribution < 1.29 is 9.15 Å².